The summed E-state index contributed by atoms with van der Waals surface area (Å²) >= 11 is 1.38. The number of nitrogens with two attached hydrogens (primary N) is 1. The number of hydrogen-bond acceptors (Lipinski definition) is 8. The number of methoxy groups -OCH3 is 1. The molecule has 5 N–H and O–H groups in total. The van der Waals surface area contributed by atoms with Crippen molar-refractivity contribution < 1.29 is 25.0 Å². The Kier molecular flexibility index (Phi) is 9.80. The van der Waals surface area contributed by atoms with Gasteiger partial charge in [-0.05, 0) is 12.0 Å². The Balaban J connectivity index is 0.00000114. The van der Waals surface area contributed by atoms with E-state index in [1.165, 1.54) is 30.4 Å². The van der Waals surface area contributed by atoms with Crippen LogP contribution in [0.1, 0.15) is 27.6 Å². The van der Waals surface area contributed by atoms with Gasteiger partial charge in [-0.2, -0.15) is 0 Å². The van der Waals surface area contributed by atoms with Gasteiger partial charge in [-0.3, -0.25) is 0 Å². The molecule has 9 nitrogen and oxygen atoms in total. The van der Waals surface area contributed by atoms with Crippen LogP contribution in [0.5, 0.6) is 5.88 Å². The zero-order valence-electron chi connectivity index (χ0n) is 14.6. The molecule has 0 aliphatic carbocycles. The number of carbonyl (C=O) groups is 1. The highest BCUT2D eigenvalue weighted by Gasteiger charge is 2.21. The van der Waals surface area contributed by atoms with E-state index in [1.807, 2.05) is 30.3 Å². The molecule has 2 unspecified atom stereocenters. The van der Waals surface area contributed by atoms with Gasteiger partial charge in [-0.15, -0.1) is 16.7 Å². The Bertz CT molecular complexity index is 732. The molecule has 1 heterocycles. The Hall–Kier alpha value is -2.69. The van der Waals surface area contributed by atoms with E-state index >= 15 is 0 Å². The maximum absolute atomic E-state index is 11.5. The summed E-state index contributed by atoms with van der Waals surface area (Å²) in [5.74, 6) is -0.702. The zero-order valence-corrected chi connectivity index (χ0v) is 15.4. The number of aliphatic hydroxyl groups is 1. The Labute approximate surface area is 160 Å². The number of benzene rings is 1. The fraction of sp³-hybridized carbons (Fsp3) is 0.294. The second-order valence-electron chi connectivity index (χ2n) is 5.31. The minimum Gasteiger partial charge on any atom is -0.481 e. The molecule has 10 heteroatoms. The van der Waals surface area contributed by atoms with Gasteiger partial charge in [0.2, 0.25) is 5.88 Å². The lowest BCUT2D eigenvalue weighted by molar-refractivity contribution is 0.0692. The van der Waals surface area contributed by atoms with Gasteiger partial charge in [0, 0.05) is 28.5 Å². The molecule has 0 radical (unpaired) electrons. The van der Waals surface area contributed by atoms with Crippen LogP contribution >= 0.6 is 11.8 Å². The number of aromatic carboxylic acids is 1. The van der Waals surface area contributed by atoms with Crippen LogP contribution in [0.3, 0.4) is 0 Å². The molecule has 27 heavy (non-hydrogen) atoms. The highest BCUT2D eigenvalue weighted by Crippen LogP contribution is 2.40. The van der Waals surface area contributed by atoms with E-state index in [1.54, 1.807) is 6.07 Å². The van der Waals surface area contributed by atoms with E-state index in [-0.39, 0.29) is 23.5 Å². The van der Waals surface area contributed by atoms with Crippen molar-refractivity contribution in [3.63, 3.8) is 0 Å². The monoisotopic (exact) mass is 395 g/mol. The van der Waals surface area contributed by atoms with Crippen LogP contribution in [0.15, 0.2) is 52.8 Å². The quantitative estimate of drug-likeness (QED) is 0.299. The van der Waals surface area contributed by atoms with Crippen LogP contribution in [0, 0.1) is 4.91 Å². The highest BCUT2D eigenvalue weighted by molar-refractivity contribution is 7.99. The van der Waals surface area contributed by atoms with Crippen molar-refractivity contribution in [3.8, 4) is 5.88 Å². The molecular formula is C17H21N3O6S. The number of pyridine rings is 1. The molecule has 146 valence electrons. The molecule has 0 aliphatic rings. The highest BCUT2D eigenvalue weighted by atomic mass is 32.2. The summed E-state index contributed by atoms with van der Waals surface area (Å²) in [6, 6.07) is 10.9. The fourth-order valence-electron chi connectivity index (χ4n) is 2.21. The second-order valence-corrected chi connectivity index (χ2v) is 6.55. The SMILES string of the molecule is COc1cc(SC(CC(N)CO)c2ccccc2)c(C(=O)O)cn1.O=NO. The average molecular weight is 395 g/mol. The van der Waals surface area contributed by atoms with Crippen molar-refractivity contribution in [2.24, 2.45) is 11.1 Å². The summed E-state index contributed by atoms with van der Waals surface area (Å²) in [5, 5.41) is 26.4. The summed E-state index contributed by atoms with van der Waals surface area (Å²) in [7, 11) is 1.48. The van der Waals surface area contributed by atoms with Gasteiger partial charge in [0.1, 0.15) is 0 Å². The minimum atomic E-state index is -1.05. The standard InChI is InChI=1S/C17H20N2O4S.HNO2/c1-23-16-8-15(13(9-19-16)17(21)22)24-14(7-12(18)10-20)11-5-3-2-4-6-11;2-1-3/h2-6,8-9,12,14,20H,7,10,18H2,1H3,(H,21,22);(H,2,3). The number of rotatable bonds is 8. The molecule has 0 saturated heterocycles. The van der Waals surface area contributed by atoms with Crippen molar-refractivity contribution in [2.45, 2.75) is 22.6 Å². The summed E-state index contributed by atoms with van der Waals surface area (Å²) in [4.78, 5) is 24.1. The fourth-order valence-corrected chi connectivity index (χ4v) is 3.59. The molecule has 0 saturated carbocycles. The molecule has 2 atom stereocenters. The normalized spacial score (nSPS) is 12.3. The molecule has 0 spiro atoms. The third-order valence-corrected chi connectivity index (χ3v) is 4.81. The van der Waals surface area contributed by atoms with Crippen LogP contribution < -0.4 is 10.5 Å². The Morgan fingerprint density at radius 3 is 2.52 bits per heavy atom. The Morgan fingerprint density at radius 1 is 1.37 bits per heavy atom. The molecule has 2 aromatic rings. The smallest absolute Gasteiger partial charge is 0.338 e. The first-order valence-electron chi connectivity index (χ1n) is 7.78. The molecule has 1 aromatic carbocycles. The lowest BCUT2D eigenvalue weighted by Gasteiger charge is -2.21. The van der Waals surface area contributed by atoms with E-state index in [0.717, 1.165) is 5.56 Å². The van der Waals surface area contributed by atoms with Gasteiger partial charge in [0.05, 0.1) is 19.3 Å². The molecule has 0 fully saturated rings. The van der Waals surface area contributed by atoms with Gasteiger partial charge in [0.25, 0.3) is 0 Å². The molecular weight excluding hydrogens is 374 g/mol. The third kappa shape index (κ3) is 7.21. The second kappa shape index (κ2) is 11.8. The van der Waals surface area contributed by atoms with E-state index in [2.05, 4.69) is 4.98 Å². The van der Waals surface area contributed by atoms with E-state index < -0.39 is 5.97 Å². The third-order valence-electron chi connectivity index (χ3n) is 3.47. The number of ether oxygens (including phenoxy) is 1. The summed E-state index contributed by atoms with van der Waals surface area (Å²) in [6.45, 7) is -0.130. The van der Waals surface area contributed by atoms with Gasteiger partial charge >= 0.3 is 5.97 Å². The summed E-state index contributed by atoms with van der Waals surface area (Å²) in [6.07, 6.45) is 1.80. The predicted octanol–water partition coefficient (Wildman–Crippen LogP) is 2.47. The molecule has 2 rings (SSSR count). The van der Waals surface area contributed by atoms with Crippen molar-refractivity contribution in [3.05, 3.63) is 58.6 Å². The van der Waals surface area contributed by atoms with Crippen LogP contribution in [-0.2, 0) is 0 Å². The first-order chi connectivity index (χ1) is 13.0. The lowest BCUT2D eigenvalue weighted by atomic mass is 10.1. The largest absolute Gasteiger partial charge is 0.481 e. The maximum Gasteiger partial charge on any atom is 0.338 e. The zero-order chi connectivity index (χ0) is 20.2. The first kappa shape index (κ1) is 22.4. The van der Waals surface area contributed by atoms with E-state index in [0.29, 0.717) is 17.2 Å². The van der Waals surface area contributed by atoms with Gasteiger partial charge in [0.15, 0.2) is 5.34 Å². The van der Waals surface area contributed by atoms with Crippen molar-refractivity contribution in [1.29, 1.82) is 0 Å². The lowest BCUT2D eigenvalue weighted by Crippen LogP contribution is -2.26. The number of thioether (sulfide) groups is 1. The van der Waals surface area contributed by atoms with Crippen LogP contribution in [-0.4, -0.2) is 46.1 Å². The van der Waals surface area contributed by atoms with Crippen LogP contribution in [0.25, 0.3) is 0 Å². The Morgan fingerprint density at radius 2 is 2.00 bits per heavy atom. The number of carboxylic acid groups (broad SMARTS) is 1. The van der Waals surface area contributed by atoms with Gasteiger partial charge < -0.3 is 25.9 Å². The number of nitrogens with zero attached hydrogens (tertiary/aromatic N) is 2. The molecule has 1 aromatic heterocycles. The van der Waals surface area contributed by atoms with Crippen molar-refractivity contribution in [1.82, 2.24) is 4.98 Å². The number of aliphatic hydroxyl groups excluding tert-OH is 1. The topological polar surface area (TPSA) is 155 Å². The number of carboxylic acids is 1. The number of hydrogen-bond donors (Lipinski definition) is 4. The predicted molar refractivity (Wildman–Crippen MR) is 100 cm³/mol. The van der Waals surface area contributed by atoms with Gasteiger partial charge in [-0.25, -0.2) is 9.78 Å². The van der Waals surface area contributed by atoms with E-state index in [4.69, 9.17) is 20.6 Å². The molecule has 0 amide bonds. The molecule has 0 aliphatic heterocycles. The van der Waals surface area contributed by atoms with Crippen molar-refractivity contribution in [2.75, 3.05) is 13.7 Å². The number of aromatic nitrogens is 1. The first-order valence-corrected chi connectivity index (χ1v) is 8.66. The van der Waals surface area contributed by atoms with E-state index in [9.17, 15) is 15.0 Å². The minimum absolute atomic E-state index is 0.0986. The van der Waals surface area contributed by atoms with Crippen LogP contribution in [0.2, 0.25) is 0 Å². The van der Waals surface area contributed by atoms with Crippen LogP contribution in [0.4, 0.5) is 0 Å². The summed E-state index contributed by atoms with van der Waals surface area (Å²) < 4.78 is 5.10. The average Bonchev–Trinajstić information content (AvgIpc) is 2.68. The maximum atomic E-state index is 11.5. The molecule has 0 bridgehead atoms. The van der Waals surface area contributed by atoms with Gasteiger partial charge in [-0.1, -0.05) is 30.3 Å². The summed E-state index contributed by atoms with van der Waals surface area (Å²) in [5.41, 5.74) is 7.03. The van der Waals surface area contributed by atoms with Crippen molar-refractivity contribution >= 4 is 17.7 Å².